The zero-order valence-corrected chi connectivity index (χ0v) is 20.4. The van der Waals surface area contributed by atoms with E-state index >= 15 is 0 Å². The van der Waals surface area contributed by atoms with Crippen LogP contribution in [-0.2, 0) is 11.3 Å². The molecule has 0 spiro atoms. The monoisotopic (exact) mass is 498 g/mol. The van der Waals surface area contributed by atoms with Crippen LogP contribution in [-0.4, -0.2) is 11.8 Å². The molecule has 4 nitrogen and oxygen atoms in total. The van der Waals surface area contributed by atoms with E-state index in [4.69, 9.17) is 11.6 Å². The summed E-state index contributed by atoms with van der Waals surface area (Å²) < 4.78 is 0. The van der Waals surface area contributed by atoms with Gasteiger partial charge >= 0.3 is 0 Å². The Bertz CT molecular complexity index is 1310. The number of benzene rings is 4. The van der Waals surface area contributed by atoms with E-state index in [9.17, 15) is 9.59 Å². The molecular formula is C29H23ClN2O2S. The minimum Gasteiger partial charge on any atom is -0.347 e. The first-order valence-corrected chi connectivity index (χ1v) is 12.2. The van der Waals surface area contributed by atoms with Gasteiger partial charge in [-0.15, -0.1) is 0 Å². The molecule has 0 bridgehead atoms. The van der Waals surface area contributed by atoms with Crippen LogP contribution in [0.1, 0.15) is 21.5 Å². The van der Waals surface area contributed by atoms with Gasteiger partial charge in [-0.25, -0.2) is 0 Å². The molecule has 4 aromatic carbocycles. The highest BCUT2D eigenvalue weighted by atomic mass is 35.5. The largest absolute Gasteiger partial charge is 0.347 e. The van der Waals surface area contributed by atoms with Gasteiger partial charge < -0.3 is 10.6 Å². The third kappa shape index (κ3) is 6.85. The minimum absolute atomic E-state index is 0.181. The third-order valence-electron chi connectivity index (χ3n) is 5.09. The number of halogens is 1. The maximum absolute atomic E-state index is 13.5. The molecule has 0 aromatic heterocycles. The molecule has 4 rings (SSSR count). The predicted molar refractivity (Wildman–Crippen MR) is 143 cm³/mol. The van der Waals surface area contributed by atoms with Crippen molar-refractivity contribution in [2.75, 3.05) is 0 Å². The lowest BCUT2D eigenvalue weighted by Gasteiger charge is -2.17. The SMILES string of the molecule is O=C(NCc1ccccc1)/C(NC(=O)c1ccccc1)=C(\Sc1ccc(Cl)cc1)c1ccccc1. The first-order valence-electron chi connectivity index (χ1n) is 11.0. The summed E-state index contributed by atoms with van der Waals surface area (Å²) in [5.41, 5.74) is 2.41. The second-order valence-corrected chi connectivity index (χ2v) is 9.13. The van der Waals surface area contributed by atoms with E-state index in [1.54, 1.807) is 36.4 Å². The lowest BCUT2D eigenvalue weighted by molar-refractivity contribution is -0.117. The maximum Gasteiger partial charge on any atom is 0.269 e. The van der Waals surface area contributed by atoms with Crippen LogP contribution in [0.25, 0.3) is 4.91 Å². The molecule has 2 N–H and O–H groups in total. The van der Waals surface area contributed by atoms with E-state index in [1.807, 2.05) is 78.9 Å². The van der Waals surface area contributed by atoms with Crippen molar-refractivity contribution < 1.29 is 9.59 Å². The van der Waals surface area contributed by atoms with Gasteiger partial charge in [0.25, 0.3) is 11.8 Å². The van der Waals surface area contributed by atoms with Gasteiger partial charge in [0.2, 0.25) is 0 Å². The van der Waals surface area contributed by atoms with Gasteiger partial charge in [-0.05, 0) is 47.5 Å². The molecule has 0 saturated heterocycles. The second kappa shape index (κ2) is 12.1. The summed E-state index contributed by atoms with van der Waals surface area (Å²) >= 11 is 7.46. The average molecular weight is 499 g/mol. The second-order valence-electron chi connectivity index (χ2n) is 7.61. The number of hydrogen-bond donors (Lipinski definition) is 2. The molecule has 174 valence electrons. The Balaban J connectivity index is 1.74. The van der Waals surface area contributed by atoms with Gasteiger partial charge in [0.15, 0.2) is 0 Å². The molecule has 0 radical (unpaired) electrons. The molecule has 0 fully saturated rings. The van der Waals surface area contributed by atoms with E-state index in [2.05, 4.69) is 10.6 Å². The lowest BCUT2D eigenvalue weighted by atomic mass is 10.1. The van der Waals surface area contributed by atoms with E-state index in [0.717, 1.165) is 16.0 Å². The molecule has 35 heavy (non-hydrogen) atoms. The predicted octanol–water partition coefficient (Wildman–Crippen LogP) is 6.55. The molecule has 6 heteroatoms. The first-order chi connectivity index (χ1) is 17.1. The topological polar surface area (TPSA) is 58.2 Å². The van der Waals surface area contributed by atoms with Crippen molar-refractivity contribution in [2.45, 2.75) is 11.4 Å². The number of nitrogens with one attached hydrogen (secondary N) is 2. The Hall–Kier alpha value is -3.80. The van der Waals surface area contributed by atoms with Crippen LogP contribution in [0.4, 0.5) is 0 Å². The van der Waals surface area contributed by atoms with Crippen molar-refractivity contribution in [3.8, 4) is 0 Å². The molecule has 0 unspecified atom stereocenters. The zero-order valence-electron chi connectivity index (χ0n) is 18.8. The summed E-state index contributed by atoms with van der Waals surface area (Å²) in [6.07, 6.45) is 0. The summed E-state index contributed by atoms with van der Waals surface area (Å²) in [7, 11) is 0. The normalized spacial score (nSPS) is 11.3. The maximum atomic E-state index is 13.5. The molecule has 0 atom stereocenters. The molecule has 0 aliphatic rings. The van der Waals surface area contributed by atoms with Crippen LogP contribution in [0.3, 0.4) is 0 Å². The van der Waals surface area contributed by atoms with Crippen LogP contribution in [0.2, 0.25) is 5.02 Å². The van der Waals surface area contributed by atoms with Crippen molar-refractivity contribution in [1.82, 2.24) is 10.6 Å². The highest BCUT2D eigenvalue weighted by Crippen LogP contribution is 2.37. The Kier molecular flexibility index (Phi) is 8.39. The molecular weight excluding hydrogens is 476 g/mol. The molecule has 0 saturated carbocycles. The van der Waals surface area contributed by atoms with Gasteiger partial charge in [0.05, 0.1) is 0 Å². The standard InChI is InChI=1S/C29H23ClN2O2S/c30-24-16-18-25(19-17-24)35-27(22-12-6-2-7-13-22)26(32-28(33)23-14-8-3-9-15-23)29(34)31-20-21-10-4-1-5-11-21/h1-19H,20H2,(H,31,34)(H,32,33)/b27-26+. The fourth-order valence-corrected chi connectivity index (χ4v) is 4.46. The number of carbonyl (C=O) groups is 2. The van der Waals surface area contributed by atoms with Gasteiger partial charge in [0.1, 0.15) is 5.70 Å². The summed E-state index contributed by atoms with van der Waals surface area (Å²) in [5, 5.41) is 6.46. The van der Waals surface area contributed by atoms with Crippen LogP contribution in [0.15, 0.2) is 126 Å². The smallest absolute Gasteiger partial charge is 0.269 e. The fraction of sp³-hybridized carbons (Fsp3) is 0.0345. The first kappa shape index (κ1) is 24.3. The minimum atomic E-state index is -0.376. The number of thioether (sulfide) groups is 1. The van der Waals surface area contributed by atoms with Crippen molar-refractivity contribution >= 4 is 40.1 Å². The number of carbonyl (C=O) groups excluding carboxylic acids is 2. The van der Waals surface area contributed by atoms with Crippen molar-refractivity contribution in [3.63, 3.8) is 0 Å². The summed E-state index contributed by atoms with van der Waals surface area (Å²) in [5.74, 6) is -0.737. The fourth-order valence-electron chi connectivity index (χ4n) is 3.32. The van der Waals surface area contributed by atoms with E-state index in [0.29, 0.717) is 22.0 Å². The molecule has 0 heterocycles. The van der Waals surface area contributed by atoms with Gasteiger partial charge in [-0.2, -0.15) is 0 Å². The Morgan fingerprint density at radius 2 is 1.23 bits per heavy atom. The number of rotatable bonds is 8. The summed E-state index contributed by atoms with van der Waals surface area (Å²) in [6.45, 7) is 0.331. The van der Waals surface area contributed by atoms with Crippen molar-refractivity contribution in [3.05, 3.63) is 143 Å². The van der Waals surface area contributed by atoms with Crippen LogP contribution < -0.4 is 10.6 Å². The van der Waals surface area contributed by atoms with Crippen LogP contribution in [0.5, 0.6) is 0 Å². The molecule has 4 aromatic rings. The molecule has 0 aliphatic heterocycles. The lowest BCUT2D eigenvalue weighted by Crippen LogP contribution is -2.35. The quantitative estimate of drug-likeness (QED) is 0.214. The van der Waals surface area contributed by atoms with E-state index < -0.39 is 0 Å². The van der Waals surface area contributed by atoms with Crippen LogP contribution >= 0.6 is 23.4 Å². The third-order valence-corrected chi connectivity index (χ3v) is 6.50. The molecule has 0 aliphatic carbocycles. The van der Waals surface area contributed by atoms with Crippen molar-refractivity contribution in [2.24, 2.45) is 0 Å². The molecule has 2 amide bonds. The summed E-state index contributed by atoms with van der Waals surface area (Å²) in [6, 6.07) is 35.4. The van der Waals surface area contributed by atoms with Gasteiger partial charge in [-0.1, -0.05) is 102 Å². The van der Waals surface area contributed by atoms with Gasteiger partial charge in [-0.3, -0.25) is 9.59 Å². The number of hydrogen-bond acceptors (Lipinski definition) is 3. The Morgan fingerprint density at radius 1 is 0.686 bits per heavy atom. The Morgan fingerprint density at radius 3 is 1.83 bits per heavy atom. The summed E-state index contributed by atoms with van der Waals surface area (Å²) in [4.78, 5) is 28.2. The highest BCUT2D eigenvalue weighted by Gasteiger charge is 2.21. The van der Waals surface area contributed by atoms with Crippen LogP contribution in [0, 0.1) is 0 Å². The highest BCUT2D eigenvalue weighted by molar-refractivity contribution is 8.08. The van der Waals surface area contributed by atoms with E-state index in [-0.39, 0.29) is 17.5 Å². The zero-order chi connectivity index (χ0) is 24.5. The average Bonchev–Trinajstić information content (AvgIpc) is 2.92. The van der Waals surface area contributed by atoms with Gasteiger partial charge in [0, 0.05) is 26.9 Å². The Labute approximate surface area is 214 Å². The van der Waals surface area contributed by atoms with E-state index in [1.165, 1.54) is 11.8 Å². The number of amides is 2. The van der Waals surface area contributed by atoms with Crippen molar-refractivity contribution in [1.29, 1.82) is 0 Å².